The third kappa shape index (κ3) is 2.76. The van der Waals surface area contributed by atoms with Crippen molar-refractivity contribution in [1.29, 1.82) is 0 Å². The Bertz CT molecular complexity index is 250. The normalized spacial score (nSPS) is 11.4. The van der Waals surface area contributed by atoms with Crippen LogP contribution in [0.25, 0.3) is 0 Å². The Balaban J connectivity index is 2.64. The van der Waals surface area contributed by atoms with Crippen LogP contribution in [0.1, 0.15) is 12.5 Å². The lowest BCUT2D eigenvalue weighted by Gasteiger charge is -1.86. The molecule has 11 heavy (non-hydrogen) atoms. The van der Waals surface area contributed by atoms with Crippen molar-refractivity contribution in [2.45, 2.75) is 6.92 Å². The molecule has 0 unspecified atom stereocenters. The molecule has 1 aromatic rings. The predicted octanol–water partition coefficient (Wildman–Crippen LogP) is 2.03. The lowest BCUT2D eigenvalue weighted by atomic mass is 10.3. The molecule has 0 saturated carbocycles. The number of rotatable bonds is 2. The summed E-state index contributed by atoms with van der Waals surface area (Å²) < 4.78 is 0. The molecule has 0 amide bonds. The monoisotopic (exact) mass is 146 g/mol. The number of hydrogen-bond acceptors (Lipinski definition) is 2. The van der Waals surface area contributed by atoms with E-state index in [-0.39, 0.29) is 0 Å². The second-order valence-corrected chi connectivity index (χ2v) is 2.05. The summed E-state index contributed by atoms with van der Waals surface area (Å²) in [6.45, 7) is 1.93. The van der Waals surface area contributed by atoms with E-state index < -0.39 is 0 Å². The van der Waals surface area contributed by atoms with E-state index in [0.717, 1.165) is 5.56 Å². The average molecular weight is 146 g/mol. The first-order chi connectivity index (χ1) is 5.43. The highest BCUT2D eigenvalue weighted by atomic mass is 14.7. The number of nitrogens with zero attached hydrogens (tertiary/aromatic N) is 2. The first kappa shape index (κ1) is 7.66. The quantitative estimate of drug-likeness (QED) is 0.586. The fraction of sp³-hybridized carbons (Fsp3) is 0.111. The van der Waals surface area contributed by atoms with E-state index in [4.69, 9.17) is 0 Å². The van der Waals surface area contributed by atoms with Gasteiger partial charge in [-0.05, 0) is 13.0 Å². The number of hydrogen-bond donors (Lipinski definition) is 0. The van der Waals surface area contributed by atoms with Crippen LogP contribution in [0.4, 0.5) is 0 Å². The number of pyridine rings is 1. The van der Waals surface area contributed by atoms with E-state index in [0.29, 0.717) is 0 Å². The minimum absolute atomic E-state index is 1.02. The van der Waals surface area contributed by atoms with Gasteiger partial charge in [-0.3, -0.25) is 9.98 Å². The number of allylic oxidation sites excluding steroid dienone is 1. The second-order valence-electron chi connectivity index (χ2n) is 2.05. The summed E-state index contributed by atoms with van der Waals surface area (Å²) in [5.41, 5.74) is 1.02. The zero-order chi connectivity index (χ0) is 7.94. The smallest absolute Gasteiger partial charge is 0.0355 e. The maximum Gasteiger partial charge on any atom is 0.0355 e. The molecule has 1 aromatic heterocycles. The first-order valence-electron chi connectivity index (χ1n) is 3.48. The van der Waals surface area contributed by atoms with E-state index in [1.54, 1.807) is 24.8 Å². The molecule has 0 aliphatic heterocycles. The summed E-state index contributed by atoms with van der Waals surface area (Å²) >= 11 is 0. The molecule has 0 bridgehead atoms. The van der Waals surface area contributed by atoms with Gasteiger partial charge in [-0.1, -0.05) is 12.1 Å². The van der Waals surface area contributed by atoms with E-state index >= 15 is 0 Å². The van der Waals surface area contributed by atoms with Crippen LogP contribution in [0.5, 0.6) is 0 Å². The van der Waals surface area contributed by atoms with E-state index in [9.17, 15) is 0 Å². The topological polar surface area (TPSA) is 25.2 Å². The molecule has 1 heterocycles. The Morgan fingerprint density at radius 3 is 3.09 bits per heavy atom. The highest BCUT2D eigenvalue weighted by molar-refractivity contribution is 5.79. The van der Waals surface area contributed by atoms with Gasteiger partial charge < -0.3 is 0 Å². The lowest BCUT2D eigenvalue weighted by molar-refractivity contribution is 1.32. The lowest BCUT2D eigenvalue weighted by Crippen LogP contribution is -1.79. The molecule has 0 radical (unpaired) electrons. The Kier molecular flexibility index (Phi) is 3.06. The van der Waals surface area contributed by atoms with Crippen molar-refractivity contribution in [2.24, 2.45) is 4.99 Å². The van der Waals surface area contributed by atoms with E-state index in [1.807, 2.05) is 25.1 Å². The standard InChI is InChI=1S/C9H10N2/c1-2-5-10-7-9-4-3-6-11-8-9/h2-8H,1H3/b5-2-,10-7?. The SMILES string of the molecule is C/C=C\N=Cc1cccnc1. The van der Waals surface area contributed by atoms with Gasteiger partial charge in [0.2, 0.25) is 0 Å². The molecule has 0 N–H and O–H groups in total. The third-order valence-corrected chi connectivity index (χ3v) is 1.14. The molecule has 56 valence electrons. The first-order valence-corrected chi connectivity index (χ1v) is 3.48. The minimum Gasteiger partial charge on any atom is -0.264 e. The Morgan fingerprint density at radius 1 is 1.55 bits per heavy atom. The van der Waals surface area contributed by atoms with Crippen LogP contribution in [0.15, 0.2) is 41.8 Å². The molecule has 0 saturated heterocycles. The van der Waals surface area contributed by atoms with Gasteiger partial charge in [-0.15, -0.1) is 0 Å². The molecule has 0 spiro atoms. The third-order valence-electron chi connectivity index (χ3n) is 1.14. The van der Waals surface area contributed by atoms with Crippen LogP contribution in [0.2, 0.25) is 0 Å². The van der Waals surface area contributed by atoms with Gasteiger partial charge in [0, 0.05) is 30.4 Å². The van der Waals surface area contributed by atoms with Crippen molar-refractivity contribution in [3.05, 3.63) is 42.4 Å². The van der Waals surface area contributed by atoms with Gasteiger partial charge >= 0.3 is 0 Å². The van der Waals surface area contributed by atoms with Crippen molar-refractivity contribution in [1.82, 2.24) is 4.98 Å². The number of aromatic nitrogens is 1. The molecule has 0 aromatic carbocycles. The van der Waals surface area contributed by atoms with Crippen LogP contribution >= 0.6 is 0 Å². The second kappa shape index (κ2) is 4.39. The minimum atomic E-state index is 1.02. The molecular formula is C9H10N2. The summed E-state index contributed by atoms with van der Waals surface area (Å²) in [6, 6.07) is 3.84. The molecule has 2 nitrogen and oxygen atoms in total. The van der Waals surface area contributed by atoms with Crippen molar-refractivity contribution in [2.75, 3.05) is 0 Å². The van der Waals surface area contributed by atoms with Crippen molar-refractivity contribution in [3.8, 4) is 0 Å². The van der Waals surface area contributed by atoms with E-state index in [1.165, 1.54) is 0 Å². The molecule has 0 aliphatic carbocycles. The predicted molar refractivity (Wildman–Crippen MR) is 46.6 cm³/mol. The largest absolute Gasteiger partial charge is 0.264 e. The van der Waals surface area contributed by atoms with Gasteiger partial charge in [0.15, 0.2) is 0 Å². The van der Waals surface area contributed by atoms with Gasteiger partial charge in [0.1, 0.15) is 0 Å². The zero-order valence-electron chi connectivity index (χ0n) is 6.44. The average Bonchev–Trinajstić information content (AvgIpc) is 2.07. The van der Waals surface area contributed by atoms with Gasteiger partial charge in [0.25, 0.3) is 0 Å². The Hall–Kier alpha value is -1.44. The fourth-order valence-electron chi connectivity index (χ4n) is 0.667. The van der Waals surface area contributed by atoms with Crippen LogP contribution in [0, 0.1) is 0 Å². The van der Waals surface area contributed by atoms with Crippen molar-refractivity contribution >= 4 is 6.21 Å². The zero-order valence-corrected chi connectivity index (χ0v) is 6.44. The fourth-order valence-corrected chi connectivity index (χ4v) is 0.667. The summed E-state index contributed by atoms with van der Waals surface area (Å²) in [6.07, 6.45) is 8.91. The number of aliphatic imine (C=N–C) groups is 1. The Morgan fingerprint density at radius 2 is 2.45 bits per heavy atom. The molecule has 1 rings (SSSR count). The van der Waals surface area contributed by atoms with E-state index in [2.05, 4.69) is 9.98 Å². The molecule has 0 aliphatic rings. The van der Waals surface area contributed by atoms with Gasteiger partial charge in [0.05, 0.1) is 0 Å². The maximum absolute atomic E-state index is 4.01. The van der Waals surface area contributed by atoms with Gasteiger partial charge in [-0.25, -0.2) is 0 Å². The summed E-state index contributed by atoms with van der Waals surface area (Å²) in [7, 11) is 0. The van der Waals surface area contributed by atoms with Crippen molar-refractivity contribution in [3.63, 3.8) is 0 Å². The summed E-state index contributed by atoms with van der Waals surface area (Å²) in [5, 5.41) is 0. The van der Waals surface area contributed by atoms with Crippen LogP contribution in [0.3, 0.4) is 0 Å². The van der Waals surface area contributed by atoms with Crippen molar-refractivity contribution < 1.29 is 0 Å². The molecular weight excluding hydrogens is 136 g/mol. The highest BCUT2D eigenvalue weighted by Gasteiger charge is 1.80. The molecule has 0 fully saturated rings. The maximum atomic E-state index is 4.01. The van der Waals surface area contributed by atoms with Gasteiger partial charge in [-0.2, -0.15) is 0 Å². The summed E-state index contributed by atoms with van der Waals surface area (Å²) in [4.78, 5) is 7.96. The molecule has 2 heteroatoms. The molecule has 0 atom stereocenters. The van der Waals surface area contributed by atoms with Crippen LogP contribution in [-0.4, -0.2) is 11.2 Å². The van der Waals surface area contributed by atoms with Crippen LogP contribution in [-0.2, 0) is 0 Å². The Labute approximate surface area is 66.3 Å². The summed E-state index contributed by atoms with van der Waals surface area (Å²) in [5.74, 6) is 0. The van der Waals surface area contributed by atoms with Crippen LogP contribution < -0.4 is 0 Å². The highest BCUT2D eigenvalue weighted by Crippen LogP contribution is 1.90.